The van der Waals surface area contributed by atoms with Crippen molar-refractivity contribution in [2.24, 2.45) is 0 Å². The minimum Gasteiger partial charge on any atom is -0.466 e. The summed E-state index contributed by atoms with van der Waals surface area (Å²) >= 11 is 0. The van der Waals surface area contributed by atoms with Crippen LogP contribution in [0.3, 0.4) is 0 Å². The number of esters is 1. The van der Waals surface area contributed by atoms with Crippen molar-refractivity contribution in [2.45, 2.75) is 26.4 Å². The van der Waals surface area contributed by atoms with Gasteiger partial charge in [0.1, 0.15) is 5.69 Å². The molecule has 0 unspecified atom stereocenters. The number of alkyl halides is 3. The lowest BCUT2D eigenvalue weighted by atomic mass is 9.91. The van der Waals surface area contributed by atoms with Gasteiger partial charge in [-0.05, 0) is 43.2 Å². The quantitative estimate of drug-likeness (QED) is 0.495. The molecular weight excluding hydrogens is 413 g/mol. The van der Waals surface area contributed by atoms with Crippen molar-refractivity contribution in [1.82, 2.24) is 10.3 Å². The number of carbonyl (C=O) groups is 3. The Balaban J connectivity index is 2.32. The number of hydrogen-bond donors (Lipinski definition) is 1. The summed E-state index contributed by atoms with van der Waals surface area (Å²) in [7, 11) is 0. The normalized spacial score (nSPS) is 11.0. The number of halogens is 3. The molecule has 0 bridgehead atoms. The fourth-order valence-electron chi connectivity index (χ4n) is 2.83. The third-order valence-corrected chi connectivity index (χ3v) is 4.31. The molecule has 9 heteroatoms. The maximum atomic E-state index is 13.3. The maximum Gasteiger partial charge on any atom is 0.416 e. The Kier molecular flexibility index (Phi) is 7.68. The first-order valence-electron chi connectivity index (χ1n) is 9.35. The standard InChI is InChI=1S/C22H21F3N2O4/c1-4-31-20(29)7-8-26-21(30)19-6-5-14(11-27-19)17-10-15(22(23,24)25)9-16(13(2)3)18(17)12-28/h5-6,9-12H,2,4,7-8H2,1,3H3,(H,26,30). The highest BCUT2D eigenvalue weighted by Gasteiger charge is 2.32. The number of nitrogens with one attached hydrogen (secondary N) is 1. The molecule has 1 amide bonds. The molecule has 31 heavy (non-hydrogen) atoms. The van der Waals surface area contributed by atoms with Crippen molar-refractivity contribution >= 4 is 23.7 Å². The SMILES string of the molecule is C=C(C)c1cc(C(F)(F)F)cc(-c2ccc(C(=O)NCCC(=O)OCC)nc2)c1C=O. The molecule has 0 spiro atoms. The molecule has 0 atom stereocenters. The number of benzene rings is 1. The van der Waals surface area contributed by atoms with Crippen LogP contribution in [0.2, 0.25) is 0 Å². The lowest BCUT2D eigenvalue weighted by Gasteiger charge is -2.16. The Morgan fingerprint density at radius 2 is 1.97 bits per heavy atom. The summed E-state index contributed by atoms with van der Waals surface area (Å²) in [6.07, 6.45) is -2.94. The van der Waals surface area contributed by atoms with E-state index in [-0.39, 0.29) is 47.5 Å². The van der Waals surface area contributed by atoms with Crippen LogP contribution in [0, 0.1) is 0 Å². The average molecular weight is 434 g/mol. The highest BCUT2D eigenvalue weighted by molar-refractivity contribution is 5.95. The highest BCUT2D eigenvalue weighted by atomic mass is 19.4. The molecule has 0 saturated heterocycles. The molecule has 0 saturated carbocycles. The van der Waals surface area contributed by atoms with Gasteiger partial charge < -0.3 is 10.1 Å². The van der Waals surface area contributed by atoms with Gasteiger partial charge in [-0.2, -0.15) is 13.2 Å². The molecule has 1 N–H and O–H groups in total. The molecule has 2 aromatic rings. The third-order valence-electron chi connectivity index (χ3n) is 4.31. The summed E-state index contributed by atoms with van der Waals surface area (Å²) in [5, 5.41) is 2.50. The van der Waals surface area contributed by atoms with Crippen LogP contribution in [0.1, 0.15) is 52.2 Å². The maximum absolute atomic E-state index is 13.3. The number of aldehydes is 1. The van der Waals surface area contributed by atoms with Crippen LogP contribution < -0.4 is 5.32 Å². The monoisotopic (exact) mass is 434 g/mol. The van der Waals surface area contributed by atoms with Crippen LogP contribution in [0.4, 0.5) is 13.2 Å². The summed E-state index contributed by atoms with van der Waals surface area (Å²) in [5.74, 6) is -1.01. The number of pyridine rings is 1. The van der Waals surface area contributed by atoms with Crippen LogP contribution >= 0.6 is 0 Å². The second kappa shape index (κ2) is 10.0. The van der Waals surface area contributed by atoms with E-state index in [0.29, 0.717) is 11.9 Å². The van der Waals surface area contributed by atoms with E-state index in [1.165, 1.54) is 25.3 Å². The van der Waals surface area contributed by atoms with Crippen molar-refractivity contribution < 1.29 is 32.3 Å². The number of amides is 1. The Labute approximate surface area is 177 Å². The zero-order valence-corrected chi connectivity index (χ0v) is 17.0. The number of aromatic nitrogens is 1. The molecule has 0 aliphatic rings. The summed E-state index contributed by atoms with van der Waals surface area (Å²) in [6, 6.07) is 4.48. The number of hydrogen-bond acceptors (Lipinski definition) is 5. The largest absolute Gasteiger partial charge is 0.466 e. The molecule has 0 fully saturated rings. The first-order valence-corrected chi connectivity index (χ1v) is 9.35. The number of rotatable bonds is 8. The van der Waals surface area contributed by atoms with Crippen LogP contribution in [-0.2, 0) is 15.7 Å². The van der Waals surface area contributed by atoms with E-state index in [1.54, 1.807) is 6.92 Å². The molecule has 2 rings (SSSR count). The molecular formula is C22H21F3N2O4. The minimum atomic E-state index is -4.62. The van der Waals surface area contributed by atoms with Crippen LogP contribution in [0.25, 0.3) is 16.7 Å². The van der Waals surface area contributed by atoms with E-state index in [9.17, 15) is 27.6 Å². The van der Waals surface area contributed by atoms with Gasteiger partial charge in [-0.3, -0.25) is 19.4 Å². The number of nitrogens with zero attached hydrogens (tertiary/aromatic N) is 1. The van der Waals surface area contributed by atoms with Crippen molar-refractivity contribution in [3.63, 3.8) is 0 Å². The summed E-state index contributed by atoms with van der Waals surface area (Å²) in [5.41, 5.74) is -0.211. The fraction of sp³-hybridized carbons (Fsp3) is 0.273. The van der Waals surface area contributed by atoms with Gasteiger partial charge in [-0.25, -0.2) is 0 Å². The number of allylic oxidation sites excluding steroid dienone is 1. The fourth-order valence-corrected chi connectivity index (χ4v) is 2.83. The summed E-state index contributed by atoms with van der Waals surface area (Å²) < 4.78 is 44.8. The van der Waals surface area contributed by atoms with Gasteiger partial charge in [0, 0.05) is 23.9 Å². The van der Waals surface area contributed by atoms with Gasteiger partial charge in [0.25, 0.3) is 5.91 Å². The lowest BCUT2D eigenvalue weighted by Crippen LogP contribution is -2.27. The van der Waals surface area contributed by atoms with Gasteiger partial charge in [0.05, 0.1) is 18.6 Å². The molecule has 0 radical (unpaired) electrons. The van der Waals surface area contributed by atoms with Crippen LogP contribution in [-0.4, -0.2) is 36.3 Å². The topological polar surface area (TPSA) is 85.4 Å². The van der Waals surface area contributed by atoms with Gasteiger partial charge in [-0.15, -0.1) is 0 Å². The molecule has 164 valence electrons. The van der Waals surface area contributed by atoms with E-state index < -0.39 is 23.6 Å². The van der Waals surface area contributed by atoms with Gasteiger partial charge in [0.15, 0.2) is 6.29 Å². The van der Waals surface area contributed by atoms with Crippen molar-refractivity contribution in [3.05, 3.63) is 59.4 Å². The zero-order valence-electron chi connectivity index (χ0n) is 17.0. The molecule has 1 heterocycles. The van der Waals surface area contributed by atoms with Gasteiger partial charge in [-0.1, -0.05) is 18.2 Å². The molecule has 0 aliphatic carbocycles. The second-order valence-electron chi connectivity index (χ2n) is 6.62. The Morgan fingerprint density at radius 1 is 1.26 bits per heavy atom. The van der Waals surface area contributed by atoms with Crippen LogP contribution in [0.5, 0.6) is 0 Å². The van der Waals surface area contributed by atoms with Gasteiger partial charge >= 0.3 is 12.1 Å². The second-order valence-corrected chi connectivity index (χ2v) is 6.62. The highest BCUT2D eigenvalue weighted by Crippen LogP contribution is 2.37. The van der Waals surface area contributed by atoms with E-state index in [0.717, 1.165) is 12.1 Å². The first kappa shape index (κ1) is 23.8. The predicted octanol–water partition coefficient (Wildman–Crippen LogP) is 4.30. The molecule has 1 aromatic heterocycles. The van der Waals surface area contributed by atoms with Crippen molar-refractivity contribution in [2.75, 3.05) is 13.2 Å². The van der Waals surface area contributed by atoms with Gasteiger partial charge in [0.2, 0.25) is 0 Å². The Hall–Kier alpha value is -3.49. The van der Waals surface area contributed by atoms with Crippen molar-refractivity contribution in [3.8, 4) is 11.1 Å². The molecule has 1 aromatic carbocycles. The zero-order chi connectivity index (χ0) is 23.2. The Morgan fingerprint density at radius 3 is 2.48 bits per heavy atom. The average Bonchev–Trinajstić information content (AvgIpc) is 2.72. The van der Waals surface area contributed by atoms with E-state index in [4.69, 9.17) is 4.74 Å². The first-order chi connectivity index (χ1) is 14.6. The van der Waals surface area contributed by atoms with E-state index in [1.807, 2.05) is 0 Å². The van der Waals surface area contributed by atoms with Crippen molar-refractivity contribution in [1.29, 1.82) is 0 Å². The van der Waals surface area contributed by atoms with E-state index >= 15 is 0 Å². The summed E-state index contributed by atoms with van der Waals surface area (Å²) in [6.45, 7) is 7.12. The predicted molar refractivity (Wildman–Crippen MR) is 108 cm³/mol. The lowest BCUT2D eigenvalue weighted by molar-refractivity contribution is -0.143. The number of carbonyl (C=O) groups excluding carboxylic acids is 3. The molecule has 0 aliphatic heterocycles. The van der Waals surface area contributed by atoms with Crippen LogP contribution in [0.15, 0.2) is 37.0 Å². The molecule has 6 nitrogen and oxygen atoms in total. The number of ether oxygens (including phenoxy) is 1. The summed E-state index contributed by atoms with van der Waals surface area (Å²) in [4.78, 5) is 39.1. The minimum absolute atomic E-state index is 0.00568. The third kappa shape index (κ3) is 6.00. The smallest absolute Gasteiger partial charge is 0.416 e. The Bertz CT molecular complexity index is 999. The van der Waals surface area contributed by atoms with E-state index in [2.05, 4.69) is 16.9 Å².